The minimum Gasteiger partial charge on any atom is -0.440 e. The molecule has 1 N–H and O–H groups in total. The quantitative estimate of drug-likeness (QED) is 0.490. The number of nitro groups is 1. The van der Waals surface area contributed by atoms with E-state index in [0.29, 0.717) is 6.29 Å². The van der Waals surface area contributed by atoms with Crippen LogP contribution in [-0.4, -0.2) is 19.6 Å². The van der Waals surface area contributed by atoms with Gasteiger partial charge in [0.2, 0.25) is 5.09 Å². The van der Waals surface area contributed by atoms with Crippen LogP contribution < -0.4 is 4.72 Å². The number of hydrogen-bond donors (Lipinski definition) is 1. The zero-order valence-electron chi connectivity index (χ0n) is 10.6. The number of nitrogens with one attached hydrogen (secondary N) is 1. The standard InChI is InChI=1S/C12H10N2O6S/c15-8-10-5-6-12(20-10)21(18,19)13-7-9-3-1-2-4-11(9)14(16)17/h1-6,8,13H,7H2. The monoisotopic (exact) mass is 310 g/mol. The molecule has 1 heterocycles. The van der Waals surface area contributed by atoms with Crippen molar-refractivity contribution in [2.24, 2.45) is 0 Å². The van der Waals surface area contributed by atoms with Crippen LogP contribution in [-0.2, 0) is 16.6 Å². The van der Waals surface area contributed by atoms with Crippen molar-refractivity contribution in [3.05, 3.63) is 57.8 Å². The van der Waals surface area contributed by atoms with Crippen molar-refractivity contribution < 1.29 is 22.6 Å². The maximum Gasteiger partial charge on any atom is 0.274 e. The predicted molar refractivity (Wildman–Crippen MR) is 71.2 cm³/mol. The number of sulfonamides is 1. The van der Waals surface area contributed by atoms with E-state index in [0.717, 1.165) is 6.07 Å². The van der Waals surface area contributed by atoms with Crippen molar-refractivity contribution in [2.75, 3.05) is 0 Å². The molecule has 0 unspecified atom stereocenters. The molecule has 0 spiro atoms. The number of furan rings is 1. The topological polar surface area (TPSA) is 120 Å². The molecule has 0 aliphatic carbocycles. The van der Waals surface area contributed by atoms with E-state index in [9.17, 15) is 23.3 Å². The van der Waals surface area contributed by atoms with Gasteiger partial charge in [-0.1, -0.05) is 18.2 Å². The van der Waals surface area contributed by atoms with Gasteiger partial charge >= 0.3 is 0 Å². The Kier molecular flexibility index (Phi) is 4.15. The van der Waals surface area contributed by atoms with Crippen LogP contribution in [0, 0.1) is 10.1 Å². The fraction of sp³-hybridized carbons (Fsp3) is 0.0833. The Hall–Kier alpha value is -2.52. The number of carbonyl (C=O) groups excluding carboxylic acids is 1. The summed E-state index contributed by atoms with van der Waals surface area (Å²) in [7, 11) is -3.99. The van der Waals surface area contributed by atoms with Crippen molar-refractivity contribution in [3.8, 4) is 0 Å². The molecule has 0 amide bonds. The molecular weight excluding hydrogens is 300 g/mol. The van der Waals surface area contributed by atoms with Crippen LogP contribution in [0.2, 0.25) is 0 Å². The van der Waals surface area contributed by atoms with E-state index in [2.05, 4.69) is 4.72 Å². The lowest BCUT2D eigenvalue weighted by atomic mass is 10.2. The Balaban J connectivity index is 2.19. The van der Waals surface area contributed by atoms with Crippen molar-refractivity contribution in [1.29, 1.82) is 0 Å². The zero-order valence-corrected chi connectivity index (χ0v) is 11.4. The molecule has 2 aromatic rings. The normalized spacial score (nSPS) is 11.2. The first-order valence-corrected chi connectivity index (χ1v) is 7.19. The Labute approximate surface area is 119 Å². The Morgan fingerprint density at radius 1 is 1.24 bits per heavy atom. The van der Waals surface area contributed by atoms with E-state index in [4.69, 9.17) is 4.42 Å². The van der Waals surface area contributed by atoms with Crippen LogP contribution in [0.15, 0.2) is 45.9 Å². The number of benzene rings is 1. The second kappa shape index (κ2) is 5.85. The van der Waals surface area contributed by atoms with Gasteiger partial charge in [0.1, 0.15) is 0 Å². The molecule has 110 valence electrons. The first-order valence-electron chi connectivity index (χ1n) is 5.71. The van der Waals surface area contributed by atoms with E-state index in [1.165, 1.54) is 24.3 Å². The van der Waals surface area contributed by atoms with Gasteiger partial charge in [-0.2, -0.15) is 0 Å². The van der Waals surface area contributed by atoms with Gasteiger partial charge in [-0.3, -0.25) is 14.9 Å². The highest BCUT2D eigenvalue weighted by atomic mass is 32.2. The highest BCUT2D eigenvalue weighted by Crippen LogP contribution is 2.19. The van der Waals surface area contributed by atoms with E-state index >= 15 is 0 Å². The minimum absolute atomic E-state index is 0.124. The molecule has 21 heavy (non-hydrogen) atoms. The molecule has 9 heteroatoms. The fourth-order valence-corrected chi connectivity index (χ4v) is 2.57. The van der Waals surface area contributed by atoms with Crippen LogP contribution in [0.1, 0.15) is 16.1 Å². The molecule has 8 nitrogen and oxygen atoms in total. The predicted octanol–water partition coefficient (Wildman–Crippen LogP) is 1.48. The molecule has 0 saturated carbocycles. The van der Waals surface area contributed by atoms with Gasteiger partial charge in [0, 0.05) is 18.2 Å². The smallest absolute Gasteiger partial charge is 0.274 e. The first kappa shape index (κ1) is 14.9. The van der Waals surface area contributed by atoms with Crippen molar-refractivity contribution >= 4 is 22.0 Å². The Bertz CT molecular complexity index is 781. The van der Waals surface area contributed by atoms with Gasteiger partial charge in [-0.05, 0) is 12.1 Å². The largest absolute Gasteiger partial charge is 0.440 e. The highest BCUT2D eigenvalue weighted by molar-refractivity contribution is 7.89. The van der Waals surface area contributed by atoms with E-state index in [1.807, 2.05) is 0 Å². The third-order valence-corrected chi connectivity index (χ3v) is 3.90. The molecule has 2 rings (SSSR count). The number of nitro benzene ring substituents is 1. The van der Waals surface area contributed by atoms with Gasteiger partial charge in [-0.25, -0.2) is 13.1 Å². The fourth-order valence-electron chi connectivity index (χ4n) is 1.62. The lowest BCUT2D eigenvalue weighted by Gasteiger charge is -2.05. The molecule has 0 radical (unpaired) electrons. The van der Waals surface area contributed by atoms with E-state index in [1.54, 1.807) is 6.07 Å². The third-order valence-electron chi connectivity index (χ3n) is 2.62. The Morgan fingerprint density at radius 2 is 1.95 bits per heavy atom. The maximum atomic E-state index is 11.9. The second-order valence-corrected chi connectivity index (χ2v) is 5.68. The summed E-state index contributed by atoms with van der Waals surface area (Å²) >= 11 is 0. The van der Waals surface area contributed by atoms with E-state index in [-0.39, 0.29) is 23.6 Å². The summed E-state index contributed by atoms with van der Waals surface area (Å²) in [6.07, 6.45) is 0.376. The SMILES string of the molecule is O=Cc1ccc(S(=O)(=O)NCc2ccccc2[N+](=O)[O-])o1. The summed E-state index contributed by atoms with van der Waals surface area (Å²) in [5.41, 5.74) is 0.0291. The average Bonchev–Trinajstić information content (AvgIpc) is 2.95. The zero-order chi connectivity index (χ0) is 15.5. The van der Waals surface area contributed by atoms with Gasteiger partial charge in [0.05, 0.1) is 4.92 Å². The lowest BCUT2D eigenvalue weighted by Crippen LogP contribution is -2.23. The minimum atomic E-state index is -3.99. The molecular formula is C12H10N2O6S. The highest BCUT2D eigenvalue weighted by Gasteiger charge is 2.20. The molecule has 1 aromatic heterocycles. The summed E-state index contributed by atoms with van der Waals surface area (Å²) in [6, 6.07) is 8.12. The van der Waals surface area contributed by atoms with Gasteiger partial charge < -0.3 is 4.42 Å². The van der Waals surface area contributed by atoms with Crippen LogP contribution in [0.3, 0.4) is 0 Å². The summed E-state index contributed by atoms with van der Waals surface area (Å²) in [5, 5.41) is 10.4. The molecule has 0 bridgehead atoms. The summed E-state index contributed by atoms with van der Waals surface area (Å²) in [4.78, 5) is 20.7. The van der Waals surface area contributed by atoms with Gasteiger partial charge in [0.25, 0.3) is 15.7 Å². The summed E-state index contributed by atoms with van der Waals surface area (Å²) in [6.45, 7) is -0.267. The second-order valence-electron chi connectivity index (χ2n) is 3.99. The van der Waals surface area contributed by atoms with Crippen molar-refractivity contribution in [2.45, 2.75) is 11.6 Å². The number of aldehydes is 1. The van der Waals surface area contributed by atoms with Crippen LogP contribution in [0.4, 0.5) is 5.69 Å². The molecule has 0 aliphatic heterocycles. The first-order chi connectivity index (χ1) is 9.94. The van der Waals surface area contributed by atoms with Crippen LogP contribution in [0.25, 0.3) is 0 Å². The molecule has 0 fully saturated rings. The van der Waals surface area contributed by atoms with E-state index < -0.39 is 20.0 Å². The van der Waals surface area contributed by atoms with Crippen molar-refractivity contribution in [3.63, 3.8) is 0 Å². The number of para-hydroxylation sites is 1. The number of nitrogens with zero attached hydrogens (tertiary/aromatic N) is 1. The maximum absolute atomic E-state index is 11.9. The van der Waals surface area contributed by atoms with Crippen molar-refractivity contribution in [1.82, 2.24) is 4.72 Å². The lowest BCUT2D eigenvalue weighted by molar-refractivity contribution is -0.385. The number of carbonyl (C=O) groups is 1. The van der Waals surface area contributed by atoms with Crippen LogP contribution in [0.5, 0.6) is 0 Å². The Morgan fingerprint density at radius 3 is 2.57 bits per heavy atom. The summed E-state index contributed by atoms with van der Waals surface area (Å²) < 4.78 is 30.8. The summed E-state index contributed by atoms with van der Waals surface area (Å²) in [5.74, 6) is -0.124. The number of rotatable bonds is 6. The third kappa shape index (κ3) is 3.33. The average molecular weight is 310 g/mol. The molecule has 0 saturated heterocycles. The van der Waals surface area contributed by atoms with Crippen LogP contribution >= 0.6 is 0 Å². The van der Waals surface area contributed by atoms with Gasteiger partial charge in [0.15, 0.2) is 12.0 Å². The number of hydrogen-bond acceptors (Lipinski definition) is 6. The molecule has 0 atom stereocenters. The molecule has 1 aromatic carbocycles. The molecule has 0 aliphatic rings. The van der Waals surface area contributed by atoms with Gasteiger partial charge in [-0.15, -0.1) is 0 Å².